The van der Waals surface area contributed by atoms with E-state index < -0.39 is 0 Å². The monoisotopic (exact) mass is 361 g/mol. The molecule has 2 heterocycles. The molecule has 3 rings (SSSR count). The zero-order valence-corrected chi connectivity index (χ0v) is 13.4. The van der Waals surface area contributed by atoms with Gasteiger partial charge in [0.1, 0.15) is 0 Å². The van der Waals surface area contributed by atoms with Crippen LogP contribution in [0.4, 0.5) is 0 Å². The minimum absolute atomic E-state index is 0.0660. The Bertz CT molecular complexity index is 488. The van der Waals surface area contributed by atoms with Crippen LogP contribution in [0.15, 0.2) is 18.2 Å². The molecule has 2 unspecified atom stereocenters. The van der Waals surface area contributed by atoms with E-state index in [9.17, 15) is 4.79 Å². The van der Waals surface area contributed by atoms with Crippen LogP contribution in [0.5, 0.6) is 0 Å². The van der Waals surface area contributed by atoms with Crippen molar-refractivity contribution in [2.75, 3.05) is 0 Å². The van der Waals surface area contributed by atoms with Gasteiger partial charge in [0.15, 0.2) is 0 Å². The molecule has 0 aromatic heterocycles. The van der Waals surface area contributed by atoms with Crippen molar-refractivity contribution in [2.24, 2.45) is 0 Å². The summed E-state index contributed by atoms with van der Waals surface area (Å²) in [6.45, 7) is 0. The average Bonchev–Trinajstić information content (AvgIpc) is 2.59. The van der Waals surface area contributed by atoms with Crippen molar-refractivity contribution >= 4 is 45.0 Å². The van der Waals surface area contributed by atoms with Gasteiger partial charge in [-0.3, -0.25) is 4.79 Å². The highest BCUT2D eigenvalue weighted by molar-refractivity contribution is 9.09. The Morgan fingerprint density at radius 3 is 2.16 bits per heavy atom. The van der Waals surface area contributed by atoms with E-state index in [1.165, 1.54) is 0 Å². The van der Waals surface area contributed by atoms with Crippen LogP contribution >= 0.6 is 39.1 Å². The van der Waals surface area contributed by atoms with E-state index in [0.29, 0.717) is 32.5 Å². The van der Waals surface area contributed by atoms with Crippen molar-refractivity contribution in [2.45, 2.75) is 42.6 Å². The fourth-order valence-electron chi connectivity index (χ4n) is 3.27. The molecule has 2 fully saturated rings. The number of carbonyl (C=O) groups excluding carboxylic acids is 1. The van der Waals surface area contributed by atoms with Crippen LogP contribution in [0.1, 0.15) is 36.0 Å². The van der Waals surface area contributed by atoms with E-state index in [1.807, 2.05) is 4.90 Å². The number of fused-ring (bicyclic) bond motifs is 2. The van der Waals surface area contributed by atoms with E-state index in [4.69, 9.17) is 23.2 Å². The van der Waals surface area contributed by atoms with Gasteiger partial charge in [0.05, 0.1) is 0 Å². The van der Waals surface area contributed by atoms with E-state index in [0.717, 1.165) is 25.7 Å². The van der Waals surface area contributed by atoms with Crippen LogP contribution in [-0.4, -0.2) is 27.7 Å². The first-order chi connectivity index (χ1) is 9.04. The topological polar surface area (TPSA) is 20.3 Å². The van der Waals surface area contributed by atoms with Crippen LogP contribution in [0.3, 0.4) is 0 Å². The van der Waals surface area contributed by atoms with Crippen molar-refractivity contribution in [3.05, 3.63) is 33.8 Å². The second-order valence-electron chi connectivity index (χ2n) is 5.32. The number of piperidine rings is 1. The lowest BCUT2D eigenvalue weighted by Gasteiger charge is -2.37. The maximum atomic E-state index is 12.7. The molecule has 2 aliphatic rings. The van der Waals surface area contributed by atoms with E-state index in [1.54, 1.807) is 18.2 Å². The molecule has 0 aliphatic carbocycles. The number of hydrogen-bond acceptors (Lipinski definition) is 1. The summed E-state index contributed by atoms with van der Waals surface area (Å²) >= 11 is 15.6. The Kier molecular flexibility index (Phi) is 3.80. The summed E-state index contributed by atoms with van der Waals surface area (Å²) in [4.78, 5) is 15.2. The normalized spacial score (nSPS) is 29.6. The van der Waals surface area contributed by atoms with Gasteiger partial charge in [-0.05, 0) is 43.9 Å². The molecule has 1 aromatic carbocycles. The van der Waals surface area contributed by atoms with Crippen molar-refractivity contribution in [1.29, 1.82) is 0 Å². The van der Waals surface area contributed by atoms with Crippen LogP contribution in [0.25, 0.3) is 0 Å². The average molecular weight is 363 g/mol. The first kappa shape index (κ1) is 13.7. The Balaban J connectivity index is 1.88. The van der Waals surface area contributed by atoms with Gasteiger partial charge in [-0.15, -0.1) is 0 Å². The Morgan fingerprint density at radius 2 is 1.63 bits per heavy atom. The molecule has 0 N–H and O–H groups in total. The van der Waals surface area contributed by atoms with Gasteiger partial charge >= 0.3 is 0 Å². The molecule has 0 saturated carbocycles. The Morgan fingerprint density at radius 1 is 1.11 bits per heavy atom. The van der Waals surface area contributed by atoms with Gasteiger partial charge in [0.25, 0.3) is 5.91 Å². The summed E-state index contributed by atoms with van der Waals surface area (Å²) in [5, 5.41) is 1.03. The van der Waals surface area contributed by atoms with Gasteiger partial charge < -0.3 is 4.90 Å². The minimum atomic E-state index is 0.0660. The summed E-state index contributed by atoms with van der Waals surface area (Å²) in [5.74, 6) is 0.0660. The fourth-order valence-corrected chi connectivity index (χ4v) is 4.66. The lowest BCUT2D eigenvalue weighted by atomic mass is 10.0. The highest BCUT2D eigenvalue weighted by Crippen LogP contribution is 2.39. The lowest BCUT2D eigenvalue weighted by Crippen LogP contribution is -2.46. The molecular weight excluding hydrogens is 349 g/mol. The highest BCUT2D eigenvalue weighted by Gasteiger charge is 2.42. The number of hydrogen-bond donors (Lipinski definition) is 0. The molecule has 2 saturated heterocycles. The SMILES string of the molecule is O=C(c1cc(Cl)cc(Cl)c1)N1C2CCC1CC(Br)C2. The Hall–Kier alpha value is -0.250. The van der Waals surface area contributed by atoms with Crippen LogP contribution in [0, 0.1) is 0 Å². The molecule has 2 nitrogen and oxygen atoms in total. The van der Waals surface area contributed by atoms with Crippen molar-refractivity contribution in [1.82, 2.24) is 4.90 Å². The molecule has 2 aliphatic heterocycles. The van der Waals surface area contributed by atoms with E-state index >= 15 is 0 Å². The smallest absolute Gasteiger partial charge is 0.254 e. The predicted octanol–water partition coefficient (Wildman–Crippen LogP) is 4.52. The second kappa shape index (κ2) is 5.27. The minimum Gasteiger partial charge on any atom is -0.333 e. The van der Waals surface area contributed by atoms with E-state index in [-0.39, 0.29) is 5.91 Å². The molecule has 19 heavy (non-hydrogen) atoms. The number of alkyl halides is 1. The van der Waals surface area contributed by atoms with Gasteiger partial charge in [0.2, 0.25) is 0 Å². The number of carbonyl (C=O) groups is 1. The molecule has 1 amide bonds. The van der Waals surface area contributed by atoms with E-state index in [2.05, 4.69) is 15.9 Å². The quantitative estimate of drug-likeness (QED) is 0.672. The van der Waals surface area contributed by atoms with Gasteiger partial charge in [-0.25, -0.2) is 0 Å². The molecule has 2 bridgehead atoms. The van der Waals surface area contributed by atoms with Crippen LogP contribution in [-0.2, 0) is 0 Å². The number of halogens is 3. The summed E-state index contributed by atoms with van der Waals surface area (Å²) in [5.41, 5.74) is 0.599. The van der Waals surface area contributed by atoms with Crippen LogP contribution < -0.4 is 0 Å². The third kappa shape index (κ3) is 2.65. The Labute approximate surface area is 131 Å². The standard InChI is InChI=1S/C14H14BrCl2NO/c15-9-5-12-1-2-13(6-9)18(12)14(19)8-3-10(16)7-11(17)4-8/h3-4,7,9,12-13H,1-2,5-6H2. The molecule has 0 radical (unpaired) electrons. The van der Waals surface area contributed by atoms with Crippen molar-refractivity contribution in [3.63, 3.8) is 0 Å². The number of benzene rings is 1. The molecule has 102 valence electrons. The third-order valence-electron chi connectivity index (χ3n) is 4.02. The number of nitrogens with zero attached hydrogens (tertiary/aromatic N) is 1. The molecule has 5 heteroatoms. The first-order valence-corrected chi connectivity index (χ1v) is 8.14. The number of amides is 1. The lowest BCUT2D eigenvalue weighted by molar-refractivity contribution is 0.0603. The largest absolute Gasteiger partial charge is 0.333 e. The van der Waals surface area contributed by atoms with Gasteiger partial charge in [0, 0.05) is 32.5 Å². The van der Waals surface area contributed by atoms with Gasteiger partial charge in [-0.1, -0.05) is 39.1 Å². The van der Waals surface area contributed by atoms with Gasteiger partial charge in [-0.2, -0.15) is 0 Å². The summed E-state index contributed by atoms with van der Waals surface area (Å²) in [7, 11) is 0. The second-order valence-corrected chi connectivity index (χ2v) is 7.49. The zero-order valence-electron chi connectivity index (χ0n) is 10.3. The number of rotatable bonds is 1. The molecule has 0 spiro atoms. The summed E-state index contributed by atoms with van der Waals surface area (Å²) in [6, 6.07) is 5.77. The maximum absolute atomic E-state index is 12.7. The summed E-state index contributed by atoms with van der Waals surface area (Å²) in [6.07, 6.45) is 4.28. The van der Waals surface area contributed by atoms with Crippen molar-refractivity contribution in [3.8, 4) is 0 Å². The van der Waals surface area contributed by atoms with Crippen molar-refractivity contribution < 1.29 is 4.79 Å². The zero-order chi connectivity index (χ0) is 13.6. The molecule has 1 aromatic rings. The fraction of sp³-hybridized carbons (Fsp3) is 0.500. The first-order valence-electron chi connectivity index (χ1n) is 6.47. The third-order valence-corrected chi connectivity index (χ3v) is 5.20. The molecular formula is C14H14BrCl2NO. The predicted molar refractivity (Wildman–Crippen MR) is 81.4 cm³/mol. The van der Waals surface area contributed by atoms with Crippen LogP contribution in [0.2, 0.25) is 10.0 Å². The molecule has 2 atom stereocenters. The summed E-state index contributed by atoms with van der Waals surface area (Å²) < 4.78 is 0. The maximum Gasteiger partial charge on any atom is 0.254 e. The highest BCUT2D eigenvalue weighted by atomic mass is 79.9.